The number of carbonyl (C=O) groups excluding carboxylic acids is 2. The van der Waals surface area contributed by atoms with Gasteiger partial charge >= 0.3 is 0 Å². The number of pyridine rings is 1. The van der Waals surface area contributed by atoms with Crippen molar-refractivity contribution in [3.63, 3.8) is 0 Å². The van der Waals surface area contributed by atoms with Crippen molar-refractivity contribution in [3.8, 4) is 17.2 Å². The molecule has 3 aromatic rings. The molecule has 0 unspecified atom stereocenters. The van der Waals surface area contributed by atoms with E-state index in [0.717, 1.165) is 42.9 Å². The highest BCUT2D eigenvalue weighted by molar-refractivity contribution is 5.97. The fraction of sp³-hybridized carbons (Fsp3) is 0.406. The monoisotopic (exact) mass is 558 g/mol. The Hall–Kier alpha value is -3.95. The lowest BCUT2D eigenvalue weighted by atomic mass is 10.0. The van der Waals surface area contributed by atoms with E-state index in [-0.39, 0.29) is 30.5 Å². The van der Waals surface area contributed by atoms with Crippen LogP contribution < -0.4 is 14.8 Å². The molecule has 5 rings (SSSR count). The van der Waals surface area contributed by atoms with Crippen LogP contribution in [-0.4, -0.2) is 78.6 Å². The van der Waals surface area contributed by atoms with E-state index in [1.54, 1.807) is 25.2 Å². The predicted octanol–water partition coefficient (Wildman–Crippen LogP) is 3.99. The van der Waals surface area contributed by atoms with Gasteiger partial charge in [0, 0.05) is 56.1 Å². The van der Waals surface area contributed by atoms with Gasteiger partial charge in [0.25, 0.3) is 5.91 Å². The molecule has 216 valence electrons. The molecule has 41 heavy (non-hydrogen) atoms. The molecule has 2 aliphatic heterocycles. The summed E-state index contributed by atoms with van der Waals surface area (Å²) in [5.41, 5.74) is 3.42. The van der Waals surface area contributed by atoms with Crippen LogP contribution >= 0.6 is 0 Å². The lowest BCUT2D eigenvalue weighted by molar-refractivity contribution is -0.124. The number of nitrogens with zero attached hydrogens (tertiary/aromatic N) is 3. The van der Waals surface area contributed by atoms with Crippen molar-refractivity contribution in [2.75, 3.05) is 39.8 Å². The minimum Gasteiger partial charge on any atom is -0.494 e. The first-order valence-corrected chi connectivity index (χ1v) is 14.2. The third kappa shape index (κ3) is 7.62. The van der Waals surface area contributed by atoms with E-state index >= 15 is 0 Å². The predicted molar refractivity (Wildman–Crippen MR) is 155 cm³/mol. The van der Waals surface area contributed by atoms with Crippen molar-refractivity contribution in [2.45, 2.75) is 45.4 Å². The summed E-state index contributed by atoms with van der Waals surface area (Å²) in [4.78, 5) is 34.9. The van der Waals surface area contributed by atoms with E-state index < -0.39 is 0 Å². The molecule has 2 atom stereocenters. The van der Waals surface area contributed by atoms with E-state index in [2.05, 4.69) is 21.3 Å². The van der Waals surface area contributed by atoms with Crippen LogP contribution in [-0.2, 0) is 22.6 Å². The first-order chi connectivity index (χ1) is 19.9. The molecule has 3 heterocycles. The van der Waals surface area contributed by atoms with Gasteiger partial charge in [-0.05, 0) is 62.2 Å². The zero-order valence-electron chi connectivity index (χ0n) is 24.0. The van der Waals surface area contributed by atoms with Crippen LogP contribution in [0.5, 0.6) is 17.2 Å². The molecule has 0 spiro atoms. The fourth-order valence-electron chi connectivity index (χ4n) is 5.35. The molecular weight excluding hydrogens is 520 g/mol. The SMILES string of the molecule is CCOc1cc2cc(c1)C(=O)N(C)CC(=O)N[C@H]1CN(CCc3cccc(C)n3)CC[C@H]1OCc1cccc(c1)O2. The Morgan fingerprint density at radius 1 is 1.07 bits per heavy atom. The summed E-state index contributed by atoms with van der Waals surface area (Å²) in [7, 11) is 1.62. The molecule has 2 aliphatic rings. The molecule has 1 N–H and O–H groups in total. The number of amides is 2. The minimum atomic E-state index is -0.295. The number of rotatable bonds is 5. The maximum atomic E-state index is 13.4. The number of aromatic nitrogens is 1. The molecule has 9 nitrogen and oxygen atoms in total. The van der Waals surface area contributed by atoms with Crippen molar-refractivity contribution in [1.29, 1.82) is 0 Å². The molecule has 2 aromatic carbocycles. The van der Waals surface area contributed by atoms with Gasteiger partial charge in [-0.25, -0.2) is 0 Å². The van der Waals surface area contributed by atoms with Gasteiger partial charge in [0.1, 0.15) is 17.2 Å². The van der Waals surface area contributed by atoms with Gasteiger partial charge in [-0.2, -0.15) is 0 Å². The van der Waals surface area contributed by atoms with Crippen LogP contribution in [0.25, 0.3) is 0 Å². The third-order valence-corrected chi connectivity index (χ3v) is 7.37. The van der Waals surface area contributed by atoms with Gasteiger partial charge in [0.05, 0.1) is 31.9 Å². The van der Waals surface area contributed by atoms with Gasteiger partial charge in [0.15, 0.2) is 0 Å². The summed E-state index contributed by atoms with van der Waals surface area (Å²) in [6.45, 7) is 7.00. The summed E-state index contributed by atoms with van der Waals surface area (Å²) in [6.07, 6.45) is 1.45. The standard InChI is InChI=1S/C32H38N4O5/c1-4-39-27-16-24-17-28(18-27)41-26-10-6-8-23(15-26)21-40-30-12-14-36(13-11-25-9-5-7-22(2)33-25)19-29(30)34-31(37)20-35(3)32(24)38/h5-10,15-18,29-30H,4,11-14,19-21H2,1-3H3,(H,34,37)/t29-,30+/m0/s1. The average molecular weight is 559 g/mol. The van der Waals surface area contributed by atoms with Crippen LogP contribution in [0.4, 0.5) is 0 Å². The van der Waals surface area contributed by atoms with Gasteiger partial charge in [-0.1, -0.05) is 18.2 Å². The average Bonchev–Trinajstić information content (AvgIpc) is 2.95. The first-order valence-electron chi connectivity index (χ1n) is 14.2. The number of hydrogen-bond acceptors (Lipinski definition) is 7. The molecule has 0 radical (unpaired) electrons. The molecule has 4 bridgehead atoms. The minimum absolute atomic E-state index is 0.0800. The number of piperidine rings is 1. The van der Waals surface area contributed by atoms with E-state index in [1.807, 2.05) is 50.2 Å². The maximum Gasteiger partial charge on any atom is 0.254 e. The third-order valence-electron chi connectivity index (χ3n) is 7.37. The number of nitrogens with one attached hydrogen (secondary N) is 1. The number of ether oxygens (including phenoxy) is 3. The fourth-order valence-corrected chi connectivity index (χ4v) is 5.35. The van der Waals surface area contributed by atoms with E-state index in [0.29, 0.717) is 42.6 Å². The second kappa shape index (κ2) is 13.1. The van der Waals surface area contributed by atoms with E-state index in [9.17, 15) is 9.59 Å². The van der Waals surface area contributed by atoms with Crippen LogP contribution in [0.1, 0.15) is 40.7 Å². The van der Waals surface area contributed by atoms with Gasteiger partial charge in [-0.3, -0.25) is 14.6 Å². The molecule has 2 amide bonds. The summed E-state index contributed by atoms with van der Waals surface area (Å²) in [5, 5.41) is 3.17. The number of benzene rings is 2. The lowest BCUT2D eigenvalue weighted by Gasteiger charge is -2.39. The summed E-state index contributed by atoms with van der Waals surface area (Å²) in [6, 6.07) is 18.7. The van der Waals surface area contributed by atoms with Crippen LogP contribution in [0, 0.1) is 6.92 Å². The zero-order valence-corrected chi connectivity index (χ0v) is 24.0. The normalized spacial score (nSPS) is 20.1. The largest absolute Gasteiger partial charge is 0.494 e. The van der Waals surface area contributed by atoms with Crippen molar-refractivity contribution < 1.29 is 23.8 Å². The number of fused-ring (bicyclic) bond motifs is 5. The molecule has 0 aliphatic carbocycles. The molecule has 1 fully saturated rings. The topological polar surface area (TPSA) is 93.2 Å². The first kappa shape index (κ1) is 28.6. The summed E-state index contributed by atoms with van der Waals surface area (Å²) in [5.74, 6) is 1.13. The zero-order chi connectivity index (χ0) is 28.8. The maximum absolute atomic E-state index is 13.4. The molecule has 1 aromatic heterocycles. The van der Waals surface area contributed by atoms with Gasteiger partial charge in [0.2, 0.25) is 5.91 Å². The highest BCUT2D eigenvalue weighted by atomic mass is 16.5. The number of hydrogen-bond donors (Lipinski definition) is 1. The number of likely N-dealkylation sites (tertiary alicyclic amines) is 1. The van der Waals surface area contributed by atoms with Gasteiger partial charge < -0.3 is 29.3 Å². The second-order valence-corrected chi connectivity index (χ2v) is 10.7. The van der Waals surface area contributed by atoms with Crippen LogP contribution in [0.2, 0.25) is 0 Å². The van der Waals surface area contributed by atoms with Crippen LogP contribution in [0.15, 0.2) is 60.7 Å². The Kier molecular flexibility index (Phi) is 9.16. The van der Waals surface area contributed by atoms with Gasteiger partial charge in [-0.15, -0.1) is 0 Å². The second-order valence-electron chi connectivity index (χ2n) is 10.7. The van der Waals surface area contributed by atoms with Crippen molar-refractivity contribution in [2.24, 2.45) is 0 Å². The van der Waals surface area contributed by atoms with Crippen molar-refractivity contribution in [1.82, 2.24) is 20.1 Å². The molecule has 0 saturated carbocycles. The highest BCUT2D eigenvalue weighted by Crippen LogP contribution is 2.29. The van der Waals surface area contributed by atoms with E-state index in [4.69, 9.17) is 14.2 Å². The summed E-state index contributed by atoms with van der Waals surface area (Å²) >= 11 is 0. The molecular formula is C32H38N4O5. The summed E-state index contributed by atoms with van der Waals surface area (Å²) < 4.78 is 18.2. The lowest BCUT2D eigenvalue weighted by Crippen LogP contribution is -2.57. The number of carbonyl (C=O) groups is 2. The Morgan fingerprint density at radius 3 is 2.76 bits per heavy atom. The Labute approximate surface area is 241 Å². The smallest absolute Gasteiger partial charge is 0.254 e. The Balaban J connectivity index is 1.36. The van der Waals surface area contributed by atoms with Crippen molar-refractivity contribution in [3.05, 3.63) is 83.2 Å². The quantitative estimate of drug-likeness (QED) is 0.506. The number of aryl methyl sites for hydroxylation is 1. The number of likely N-dealkylation sites (N-methyl/N-ethyl adjacent to an activating group) is 1. The van der Waals surface area contributed by atoms with E-state index in [1.165, 1.54) is 4.90 Å². The Morgan fingerprint density at radius 2 is 1.93 bits per heavy atom. The Bertz CT molecular complexity index is 1380. The molecule has 1 saturated heterocycles. The van der Waals surface area contributed by atoms with Crippen molar-refractivity contribution >= 4 is 11.8 Å². The molecule has 9 heteroatoms. The van der Waals surface area contributed by atoms with Crippen LogP contribution in [0.3, 0.4) is 0 Å². The highest BCUT2D eigenvalue weighted by Gasteiger charge is 2.32.